The lowest BCUT2D eigenvalue weighted by Crippen LogP contribution is -2.19. The van der Waals surface area contributed by atoms with Gasteiger partial charge in [-0.05, 0) is 20.1 Å². The Bertz CT molecular complexity index is 275. The number of hydrogen-bond acceptors (Lipinski definition) is 3. The molecule has 1 rings (SSSR count). The van der Waals surface area contributed by atoms with E-state index in [2.05, 4.69) is 4.98 Å². The highest BCUT2D eigenvalue weighted by molar-refractivity contribution is 7.98. The summed E-state index contributed by atoms with van der Waals surface area (Å²) in [6.07, 6.45) is 3.68. The van der Waals surface area contributed by atoms with E-state index >= 15 is 0 Å². The van der Waals surface area contributed by atoms with E-state index in [1.165, 1.54) is 0 Å². The number of nitrogens with zero attached hydrogens (tertiary/aromatic N) is 2. The monoisotopic (exact) mass is 186 g/mol. The van der Waals surface area contributed by atoms with Crippen LogP contribution in [0.2, 0.25) is 0 Å². The lowest BCUT2D eigenvalue weighted by Gasteiger charge is -2.17. The predicted molar refractivity (Wildman–Crippen MR) is 50.2 cm³/mol. The van der Waals surface area contributed by atoms with Gasteiger partial charge in [0.2, 0.25) is 0 Å². The van der Waals surface area contributed by atoms with Gasteiger partial charge in [0.15, 0.2) is 5.16 Å². The zero-order chi connectivity index (χ0) is 9.35. The van der Waals surface area contributed by atoms with Crippen LogP contribution in [0, 0.1) is 0 Å². The maximum Gasteiger partial charge on any atom is 0.167 e. The minimum absolute atomic E-state index is 0.810. The summed E-state index contributed by atoms with van der Waals surface area (Å²) in [5.74, 6) is 0. The molecule has 3 nitrogen and oxygen atoms in total. The maximum absolute atomic E-state index is 9.71. The highest BCUT2D eigenvalue weighted by atomic mass is 32.2. The van der Waals surface area contributed by atoms with Crippen LogP contribution in [0.15, 0.2) is 11.4 Å². The number of thioether (sulfide) groups is 1. The lowest BCUT2D eigenvalue weighted by molar-refractivity contribution is 0.0700. The first-order valence-electron chi connectivity index (χ1n) is 3.75. The topological polar surface area (TPSA) is 38.1 Å². The van der Waals surface area contributed by atoms with Crippen LogP contribution in [0.3, 0.4) is 0 Å². The van der Waals surface area contributed by atoms with Crippen molar-refractivity contribution in [2.24, 2.45) is 7.05 Å². The van der Waals surface area contributed by atoms with E-state index in [-0.39, 0.29) is 0 Å². The molecule has 0 saturated carbocycles. The molecular formula is C8H14N2OS. The average Bonchev–Trinajstić information content (AvgIpc) is 2.29. The molecular weight excluding hydrogens is 172 g/mol. The Hall–Kier alpha value is -0.480. The molecule has 0 aliphatic carbocycles. The Kier molecular flexibility index (Phi) is 2.49. The number of aliphatic hydroxyl groups is 1. The molecule has 0 atom stereocenters. The fourth-order valence-electron chi connectivity index (χ4n) is 1.15. The number of hydrogen-bond donors (Lipinski definition) is 1. The van der Waals surface area contributed by atoms with Crippen molar-refractivity contribution in [1.29, 1.82) is 0 Å². The molecule has 0 fully saturated rings. The minimum Gasteiger partial charge on any atom is -0.384 e. The Balaban J connectivity index is 3.11. The molecule has 0 aromatic carbocycles. The third-order valence-corrected chi connectivity index (χ3v) is 2.50. The van der Waals surface area contributed by atoms with E-state index in [1.807, 2.05) is 17.9 Å². The summed E-state index contributed by atoms with van der Waals surface area (Å²) in [5.41, 5.74) is 0.0299. The standard InChI is InChI=1S/C8H14N2OS/c1-8(2,11)6-5-9-7(12-4)10(6)3/h5,11H,1-4H3. The van der Waals surface area contributed by atoms with Crippen molar-refractivity contribution in [3.8, 4) is 0 Å². The van der Waals surface area contributed by atoms with E-state index in [1.54, 1.807) is 31.8 Å². The average molecular weight is 186 g/mol. The molecule has 0 radical (unpaired) electrons. The fraction of sp³-hybridized carbons (Fsp3) is 0.625. The second kappa shape index (κ2) is 3.11. The van der Waals surface area contributed by atoms with Gasteiger partial charge in [-0.2, -0.15) is 0 Å². The second-order valence-electron chi connectivity index (χ2n) is 3.25. The minimum atomic E-state index is -0.810. The largest absolute Gasteiger partial charge is 0.384 e. The molecule has 0 aliphatic heterocycles. The van der Waals surface area contributed by atoms with E-state index in [0.717, 1.165) is 10.9 Å². The van der Waals surface area contributed by atoms with Crippen LogP contribution in [0.1, 0.15) is 19.5 Å². The summed E-state index contributed by atoms with van der Waals surface area (Å²) in [5, 5.41) is 10.6. The van der Waals surface area contributed by atoms with Gasteiger partial charge in [0.25, 0.3) is 0 Å². The summed E-state index contributed by atoms with van der Waals surface area (Å²) in [6, 6.07) is 0. The van der Waals surface area contributed by atoms with Crippen LogP contribution in [0.4, 0.5) is 0 Å². The Morgan fingerprint density at radius 1 is 1.58 bits per heavy atom. The van der Waals surface area contributed by atoms with Crippen LogP contribution < -0.4 is 0 Å². The van der Waals surface area contributed by atoms with Gasteiger partial charge >= 0.3 is 0 Å². The normalized spacial score (nSPS) is 12.1. The fourth-order valence-corrected chi connectivity index (χ4v) is 1.68. The van der Waals surface area contributed by atoms with E-state index in [9.17, 15) is 5.11 Å². The Morgan fingerprint density at radius 3 is 2.42 bits per heavy atom. The molecule has 0 amide bonds. The van der Waals surface area contributed by atoms with Crippen molar-refractivity contribution in [3.63, 3.8) is 0 Å². The van der Waals surface area contributed by atoms with Gasteiger partial charge in [-0.1, -0.05) is 11.8 Å². The molecule has 1 aromatic rings. The van der Waals surface area contributed by atoms with Crippen molar-refractivity contribution in [1.82, 2.24) is 9.55 Å². The van der Waals surface area contributed by atoms with Crippen molar-refractivity contribution in [2.45, 2.75) is 24.6 Å². The summed E-state index contributed by atoms with van der Waals surface area (Å²) in [6.45, 7) is 3.52. The van der Waals surface area contributed by atoms with Crippen LogP contribution in [0.25, 0.3) is 0 Å². The summed E-state index contributed by atoms with van der Waals surface area (Å²) < 4.78 is 1.91. The molecule has 68 valence electrons. The van der Waals surface area contributed by atoms with Crippen LogP contribution >= 0.6 is 11.8 Å². The molecule has 12 heavy (non-hydrogen) atoms. The Morgan fingerprint density at radius 2 is 2.17 bits per heavy atom. The molecule has 0 aliphatic rings. The number of imidazole rings is 1. The third-order valence-electron chi connectivity index (χ3n) is 1.75. The van der Waals surface area contributed by atoms with Crippen LogP contribution in [-0.4, -0.2) is 20.9 Å². The van der Waals surface area contributed by atoms with E-state index in [4.69, 9.17) is 0 Å². The van der Waals surface area contributed by atoms with Crippen molar-refractivity contribution < 1.29 is 5.11 Å². The third kappa shape index (κ3) is 1.64. The molecule has 1 N–H and O–H groups in total. The van der Waals surface area contributed by atoms with Gasteiger partial charge in [-0.25, -0.2) is 4.98 Å². The van der Waals surface area contributed by atoms with Gasteiger partial charge < -0.3 is 9.67 Å². The SMILES string of the molecule is CSc1ncc(C(C)(C)O)n1C. The Labute approximate surface area is 76.8 Å². The summed E-state index contributed by atoms with van der Waals surface area (Å²) in [7, 11) is 1.91. The zero-order valence-electron chi connectivity index (χ0n) is 7.83. The molecule has 0 saturated heterocycles. The quantitative estimate of drug-likeness (QED) is 0.709. The number of aromatic nitrogens is 2. The smallest absolute Gasteiger partial charge is 0.167 e. The van der Waals surface area contributed by atoms with Crippen molar-refractivity contribution in [3.05, 3.63) is 11.9 Å². The zero-order valence-corrected chi connectivity index (χ0v) is 8.64. The van der Waals surface area contributed by atoms with Gasteiger partial charge in [-0.15, -0.1) is 0 Å². The molecule has 1 aromatic heterocycles. The second-order valence-corrected chi connectivity index (χ2v) is 4.02. The van der Waals surface area contributed by atoms with E-state index < -0.39 is 5.60 Å². The molecule has 4 heteroatoms. The summed E-state index contributed by atoms with van der Waals surface area (Å²) in [4.78, 5) is 4.17. The van der Waals surface area contributed by atoms with Crippen molar-refractivity contribution >= 4 is 11.8 Å². The predicted octanol–water partition coefficient (Wildman–Crippen LogP) is 1.37. The van der Waals surface area contributed by atoms with Gasteiger partial charge in [0, 0.05) is 7.05 Å². The highest BCUT2D eigenvalue weighted by Crippen LogP contribution is 2.22. The molecule has 0 spiro atoms. The highest BCUT2D eigenvalue weighted by Gasteiger charge is 2.21. The molecule has 1 heterocycles. The van der Waals surface area contributed by atoms with Gasteiger partial charge in [0.05, 0.1) is 11.9 Å². The van der Waals surface area contributed by atoms with Gasteiger partial charge in [-0.3, -0.25) is 0 Å². The van der Waals surface area contributed by atoms with Crippen molar-refractivity contribution in [2.75, 3.05) is 6.26 Å². The summed E-state index contributed by atoms with van der Waals surface area (Å²) >= 11 is 1.57. The number of rotatable bonds is 2. The molecule has 0 bridgehead atoms. The first kappa shape index (κ1) is 9.61. The lowest BCUT2D eigenvalue weighted by atomic mass is 10.1. The first-order valence-corrected chi connectivity index (χ1v) is 4.98. The van der Waals surface area contributed by atoms with Crippen LogP contribution in [-0.2, 0) is 12.6 Å². The molecule has 0 unspecified atom stereocenters. The van der Waals surface area contributed by atoms with Crippen LogP contribution in [0.5, 0.6) is 0 Å². The maximum atomic E-state index is 9.71. The first-order chi connectivity index (χ1) is 5.46. The van der Waals surface area contributed by atoms with E-state index in [0.29, 0.717) is 0 Å². The van der Waals surface area contributed by atoms with Gasteiger partial charge in [0.1, 0.15) is 5.60 Å².